The van der Waals surface area contributed by atoms with Crippen LogP contribution in [-0.2, 0) is 33.1 Å². The number of allylic oxidation sites excluding steroid dienone is 1. The molecule has 206 valence electrons. The molecule has 0 amide bonds. The Bertz CT molecular complexity index is 1060. The number of ether oxygens (including phenoxy) is 1. The van der Waals surface area contributed by atoms with Gasteiger partial charge in [0, 0.05) is 51.1 Å². The van der Waals surface area contributed by atoms with Crippen molar-refractivity contribution in [2.24, 2.45) is 11.8 Å². The Kier molecular flexibility index (Phi) is 7.41. The van der Waals surface area contributed by atoms with Crippen LogP contribution in [0.25, 0.3) is 0 Å². The predicted octanol–water partition coefficient (Wildman–Crippen LogP) is 1.32. The minimum absolute atomic E-state index is 0.0688. The summed E-state index contributed by atoms with van der Waals surface area (Å²) in [4.78, 5) is 39.5. The molecule has 3 heterocycles. The average Bonchev–Trinajstić information content (AvgIpc) is 3.60. The number of carboxylic acids is 1. The molecule has 0 aromatic carbocycles. The van der Waals surface area contributed by atoms with Crippen molar-refractivity contribution in [2.45, 2.75) is 63.8 Å². The fourth-order valence-corrected chi connectivity index (χ4v) is 6.15. The van der Waals surface area contributed by atoms with Crippen molar-refractivity contribution in [2.75, 3.05) is 26.7 Å². The maximum absolute atomic E-state index is 16.0. The van der Waals surface area contributed by atoms with E-state index >= 15 is 4.39 Å². The Morgan fingerprint density at radius 3 is 2.42 bits per heavy atom. The summed E-state index contributed by atoms with van der Waals surface area (Å²) in [5.74, 6) is -3.45. The lowest BCUT2D eigenvalue weighted by atomic mass is 9.79. The highest BCUT2D eigenvalue weighted by atomic mass is 19.1. The molecule has 2 saturated heterocycles. The predicted molar refractivity (Wildman–Crippen MR) is 131 cm³/mol. The third-order valence-electron chi connectivity index (χ3n) is 7.83. The number of aliphatic carboxylic acids is 1. The second kappa shape index (κ2) is 10.6. The lowest BCUT2D eigenvalue weighted by Gasteiger charge is -2.46. The number of hydrogen-bond donors (Lipinski definition) is 2. The molecule has 0 aromatic heterocycles. The molecule has 3 aliphatic heterocycles. The molecule has 5 atom stereocenters. The van der Waals surface area contributed by atoms with Crippen molar-refractivity contribution in [3.63, 3.8) is 0 Å². The molecule has 0 bridgehead atoms. The largest absolute Gasteiger partial charge is 0.792 e. The second-order valence-electron chi connectivity index (χ2n) is 10.5. The van der Waals surface area contributed by atoms with Crippen molar-refractivity contribution in [1.82, 2.24) is 15.1 Å². The Balaban J connectivity index is 1.54. The first-order valence-corrected chi connectivity index (χ1v) is 13.0. The zero-order valence-electron chi connectivity index (χ0n) is 21.7. The number of carbonyl (C=O) groups excluding carboxylic acids is 2. The van der Waals surface area contributed by atoms with Gasteiger partial charge in [-0.15, -0.1) is 0 Å². The summed E-state index contributed by atoms with van der Waals surface area (Å²) in [7, 11) is -0.309. The summed E-state index contributed by atoms with van der Waals surface area (Å²) < 4.78 is 37.7. The minimum atomic E-state index is -1.80. The number of methoxy groups -OCH3 is 1. The fraction of sp³-hybridized carbons (Fsp3) is 0.640. The Labute approximate surface area is 220 Å². The van der Waals surface area contributed by atoms with E-state index in [4.69, 9.17) is 18.7 Å². The van der Waals surface area contributed by atoms with E-state index in [1.54, 1.807) is 0 Å². The monoisotopic (exact) mass is 533 g/mol. The van der Waals surface area contributed by atoms with Crippen LogP contribution >= 0.6 is 0 Å². The molecule has 0 spiro atoms. The van der Waals surface area contributed by atoms with Gasteiger partial charge in [0.2, 0.25) is 0 Å². The van der Waals surface area contributed by atoms with Crippen molar-refractivity contribution in [3.8, 4) is 0 Å². The molecule has 2 aliphatic carbocycles. The van der Waals surface area contributed by atoms with Crippen molar-refractivity contribution in [1.29, 1.82) is 0 Å². The van der Waals surface area contributed by atoms with E-state index < -0.39 is 49.1 Å². The van der Waals surface area contributed by atoms with Gasteiger partial charge in [-0.25, -0.2) is 9.18 Å². The van der Waals surface area contributed by atoms with Gasteiger partial charge in [-0.05, 0) is 44.2 Å². The first-order valence-electron chi connectivity index (χ1n) is 13.0. The molecule has 3 fully saturated rings. The first kappa shape index (κ1) is 26.5. The summed E-state index contributed by atoms with van der Waals surface area (Å²) in [5, 5.41) is 13.6. The molecular formula is C25H33BFN3O8. The van der Waals surface area contributed by atoms with Gasteiger partial charge in [-0.2, -0.15) is 0 Å². The highest BCUT2D eigenvalue weighted by Gasteiger charge is 2.53. The van der Waals surface area contributed by atoms with Crippen molar-refractivity contribution < 1.29 is 42.6 Å². The highest BCUT2D eigenvalue weighted by molar-refractivity contribution is 6.41. The van der Waals surface area contributed by atoms with E-state index in [1.807, 2.05) is 9.80 Å². The molecule has 5 aliphatic rings. The zero-order chi connectivity index (χ0) is 27.1. The van der Waals surface area contributed by atoms with Crippen LogP contribution in [0.2, 0.25) is 0 Å². The van der Waals surface area contributed by atoms with Crippen LogP contribution in [0, 0.1) is 11.8 Å². The number of carbonyl (C=O) groups is 3. The van der Waals surface area contributed by atoms with E-state index in [0.29, 0.717) is 30.5 Å². The SMILES string of the molecule is COC1=C(N2CC3CCCNC3C2)C(F)=CC2C(OB(OC(C)=O)OC(C)=O)C(C(=O)O)=CN(C3CC3)C12. The van der Waals surface area contributed by atoms with Gasteiger partial charge in [-0.3, -0.25) is 9.59 Å². The van der Waals surface area contributed by atoms with E-state index in [9.17, 15) is 19.5 Å². The highest BCUT2D eigenvalue weighted by Crippen LogP contribution is 2.47. The van der Waals surface area contributed by atoms with Crippen LogP contribution in [0.1, 0.15) is 39.5 Å². The van der Waals surface area contributed by atoms with Gasteiger partial charge in [-0.1, -0.05) is 0 Å². The number of rotatable bonds is 8. The van der Waals surface area contributed by atoms with Gasteiger partial charge in [0.05, 0.1) is 24.8 Å². The van der Waals surface area contributed by atoms with Crippen LogP contribution in [0.5, 0.6) is 0 Å². The van der Waals surface area contributed by atoms with Crippen LogP contribution in [0.4, 0.5) is 4.39 Å². The topological polar surface area (TPSA) is 127 Å². The first-order chi connectivity index (χ1) is 18.2. The summed E-state index contributed by atoms with van der Waals surface area (Å²) in [5.41, 5.74) is 0.208. The maximum atomic E-state index is 16.0. The summed E-state index contributed by atoms with van der Waals surface area (Å²) >= 11 is 0. The van der Waals surface area contributed by atoms with E-state index in [-0.39, 0.29) is 17.7 Å². The van der Waals surface area contributed by atoms with Gasteiger partial charge in [0.1, 0.15) is 17.3 Å². The lowest BCUT2D eigenvalue weighted by molar-refractivity contribution is -0.142. The molecule has 2 N–H and O–H groups in total. The van der Waals surface area contributed by atoms with Crippen molar-refractivity contribution >= 4 is 25.2 Å². The van der Waals surface area contributed by atoms with Gasteiger partial charge < -0.3 is 38.9 Å². The third-order valence-corrected chi connectivity index (χ3v) is 7.83. The number of piperidine rings is 1. The molecule has 5 rings (SSSR count). The summed E-state index contributed by atoms with van der Waals surface area (Å²) in [6.07, 6.45) is 5.45. The molecule has 13 heteroatoms. The van der Waals surface area contributed by atoms with E-state index in [1.165, 1.54) is 19.4 Å². The van der Waals surface area contributed by atoms with Crippen LogP contribution in [-0.4, -0.2) is 91.1 Å². The molecule has 0 radical (unpaired) electrons. The molecule has 5 unspecified atom stereocenters. The Morgan fingerprint density at radius 1 is 1.13 bits per heavy atom. The van der Waals surface area contributed by atoms with Crippen molar-refractivity contribution in [3.05, 3.63) is 35.1 Å². The van der Waals surface area contributed by atoms with Gasteiger partial charge >= 0.3 is 13.3 Å². The molecule has 0 aromatic rings. The van der Waals surface area contributed by atoms with E-state index in [0.717, 1.165) is 46.1 Å². The standard InChI is InChI=1S/C25H33BFN3O8/c1-13(31)36-26(37-14(2)32)38-23-17-9-19(27)22(29-10-15-5-4-8-28-20(15)12-29)24(35-3)21(17)30(16-6-7-16)11-18(23)25(33)34/h9,11,15-17,20-21,23,28H,4-8,10,12H2,1-3H3,(H,33,34). The average molecular weight is 533 g/mol. The lowest BCUT2D eigenvalue weighted by Crippen LogP contribution is -2.54. The van der Waals surface area contributed by atoms with E-state index in [2.05, 4.69) is 5.32 Å². The van der Waals surface area contributed by atoms with Crippen LogP contribution < -0.4 is 5.32 Å². The molecule has 11 nitrogen and oxygen atoms in total. The second-order valence-corrected chi connectivity index (χ2v) is 10.5. The smallest absolute Gasteiger partial charge is 0.497 e. The fourth-order valence-electron chi connectivity index (χ4n) is 6.15. The minimum Gasteiger partial charge on any atom is -0.497 e. The van der Waals surface area contributed by atoms with Crippen LogP contribution in [0.15, 0.2) is 35.1 Å². The maximum Gasteiger partial charge on any atom is 0.792 e. The summed E-state index contributed by atoms with van der Waals surface area (Å²) in [6, 6.07) is -0.228. The molecule has 1 saturated carbocycles. The number of nitrogens with zero attached hydrogens (tertiary/aromatic N) is 2. The summed E-state index contributed by atoms with van der Waals surface area (Å²) in [6.45, 7) is 4.49. The number of carboxylic acid groups (broad SMARTS) is 1. The third kappa shape index (κ3) is 5.13. The number of nitrogens with one attached hydrogen (secondary N) is 1. The quantitative estimate of drug-likeness (QED) is 0.439. The molecule has 38 heavy (non-hydrogen) atoms. The normalized spacial score (nSPS) is 30.6. The van der Waals surface area contributed by atoms with Gasteiger partial charge in [0.25, 0.3) is 11.9 Å². The Hall–Kier alpha value is -3.06. The van der Waals surface area contributed by atoms with Gasteiger partial charge in [0.15, 0.2) is 0 Å². The number of hydrogen-bond acceptors (Lipinski definition) is 10. The number of fused-ring (bicyclic) bond motifs is 2. The van der Waals surface area contributed by atoms with Crippen LogP contribution in [0.3, 0.4) is 0 Å². The Morgan fingerprint density at radius 2 is 1.84 bits per heavy atom. The number of likely N-dealkylation sites (tertiary alicyclic amines) is 1. The zero-order valence-corrected chi connectivity index (χ0v) is 21.7. The number of halogens is 1. The molecular weight excluding hydrogens is 500 g/mol.